The number of anilines is 1. The molecule has 2 aromatic rings. The van der Waals surface area contributed by atoms with Crippen molar-refractivity contribution in [2.45, 2.75) is 13.3 Å². The molecule has 2 amide bonds. The van der Waals surface area contributed by atoms with Crippen LogP contribution in [0.15, 0.2) is 54.2 Å². The van der Waals surface area contributed by atoms with Gasteiger partial charge in [0, 0.05) is 38.1 Å². The summed E-state index contributed by atoms with van der Waals surface area (Å²) in [5.74, 6) is -0.866. The van der Waals surface area contributed by atoms with Gasteiger partial charge in [-0.25, -0.2) is 0 Å². The number of ether oxygens (including phenoxy) is 1. The van der Waals surface area contributed by atoms with Crippen LogP contribution >= 0.6 is 0 Å². The van der Waals surface area contributed by atoms with Gasteiger partial charge in [0.05, 0.1) is 10.5 Å². The summed E-state index contributed by atoms with van der Waals surface area (Å²) < 4.78 is 5.01. The van der Waals surface area contributed by atoms with E-state index in [1.54, 1.807) is 7.11 Å². The molecule has 29 heavy (non-hydrogen) atoms. The highest BCUT2D eigenvalue weighted by Crippen LogP contribution is 2.31. The van der Waals surface area contributed by atoms with Crippen molar-refractivity contribution in [3.63, 3.8) is 0 Å². The number of methoxy groups -OCH3 is 1. The number of hydrogen-bond acceptors (Lipinski definition) is 6. The quantitative estimate of drug-likeness (QED) is 0.319. The van der Waals surface area contributed by atoms with Crippen LogP contribution in [0.25, 0.3) is 5.57 Å². The number of nitro benzene ring substituents is 1. The van der Waals surface area contributed by atoms with Gasteiger partial charge in [-0.1, -0.05) is 17.7 Å². The van der Waals surface area contributed by atoms with Crippen molar-refractivity contribution >= 4 is 28.8 Å². The Kier molecular flexibility index (Phi) is 6.04. The fourth-order valence-electron chi connectivity index (χ4n) is 3.06. The molecule has 8 heteroatoms. The van der Waals surface area contributed by atoms with Gasteiger partial charge < -0.3 is 10.1 Å². The summed E-state index contributed by atoms with van der Waals surface area (Å²) in [6, 6.07) is 13.0. The maximum Gasteiger partial charge on any atom is 0.278 e. The largest absolute Gasteiger partial charge is 0.385 e. The molecule has 0 aliphatic carbocycles. The maximum atomic E-state index is 13.0. The Morgan fingerprint density at radius 2 is 1.69 bits per heavy atom. The van der Waals surface area contributed by atoms with E-state index in [0.29, 0.717) is 24.3 Å². The van der Waals surface area contributed by atoms with Crippen LogP contribution in [0.5, 0.6) is 0 Å². The van der Waals surface area contributed by atoms with E-state index in [1.165, 1.54) is 29.2 Å². The van der Waals surface area contributed by atoms with Gasteiger partial charge in [0.15, 0.2) is 0 Å². The van der Waals surface area contributed by atoms with Crippen molar-refractivity contribution in [3.8, 4) is 0 Å². The molecule has 0 aromatic heterocycles. The lowest BCUT2D eigenvalue weighted by atomic mass is 10.0. The van der Waals surface area contributed by atoms with Crippen LogP contribution in [0.2, 0.25) is 0 Å². The highest BCUT2D eigenvalue weighted by Gasteiger charge is 2.39. The van der Waals surface area contributed by atoms with Crippen molar-refractivity contribution in [1.82, 2.24) is 4.90 Å². The Hall–Kier alpha value is -3.52. The van der Waals surface area contributed by atoms with Crippen molar-refractivity contribution in [1.29, 1.82) is 0 Å². The molecule has 0 saturated carbocycles. The summed E-state index contributed by atoms with van der Waals surface area (Å²) in [5.41, 5.74) is 2.45. The highest BCUT2D eigenvalue weighted by atomic mass is 16.6. The number of nitrogens with zero attached hydrogens (tertiary/aromatic N) is 2. The van der Waals surface area contributed by atoms with Crippen LogP contribution in [-0.4, -0.2) is 41.9 Å². The normalized spacial score (nSPS) is 13.9. The van der Waals surface area contributed by atoms with E-state index in [9.17, 15) is 19.7 Å². The molecule has 1 N–H and O–H groups in total. The SMILES string of the molecule is COCCCN1C(=O)C(Nc2ccc(C)cc2)=C(c2ccc([N+](=O)[O-])cc2)C1=O. The number of aryl methyl sites for hydroxylation is 1. The number of amides is 2. The molecule has 1 aliphatic rings. The number of non-ortho nitro benzene ring substituents is 1. The van der Waals surface area contributed by atoms with Gasteiger partial charge in [0.2, 0.25) is 0 Å². The third kappa shape index (κ3) is 4.33. The molecule has 3 rings (SSSR count). The monoisotopic (exact) mass is 395 g/mol. The molecule has 0 radical (unpaired) electrons. The van der Waals surface area contributed by atoms with Crippen LogP contribution in [0, 0.1) is 17.0 Å². The molecule has 150 valence electrons. The molecule has 0 saturated heterocycles. The lowest BCUT2D eigenvalue weighted by Gasteiger charge is -2.15. The zero-order chi connectivity index (χ0) is 21.0. The van der Waals surface area contributed by atoms with E-state index < -0.39 is 16.7 Å². The smallest absolute Gasteiger partial charge is 0.278 e. The second-order valence-electron chi connectivity index (χ2n) is 6.65. The Morgan fingerprint density at radius 3 is 2.28 bits per heavy atom. The third-order valence-corrected chi connectivity index (χ3v) is 4.59. The van der Waals surface area contributed by atoms with E-state index >= 15 is 0 Å². The van der Waals surface area contributed by atoms with E-state index in [2.05, 4.69) is 5.32 Å². The predicted molar refractivity (Wildman–Crippen MR) is 108 cm³/mol. The van der Waals surface area contributed by atoms with Crippen LogP contribution in [0.3, 0.4) is 0 Å². The molecule has 1 aliphatic heterocycles. The van der Waals surface area contributed by atoms with E-state index in [0.717, 1.165) is 5.56 Å². The van der Waals surface area contributed by atoms with Crippen LogP contribution < -0.4 is 5.32 Å². The molecule has 8 nitrogen and oxygen atoms in total. The van der Waals surface area contributed by atoms with Crippen molar-refractivity contribution in [2.75, 3.05) is 25.6 Å². The lowest BCUT2D eigenvalue weighted by molar-refractivity contribution is -0.384. The summed E-state index contributed by atoms with van der Waals surface area (Å²) in [7, 11) is 1.55. The molecule has 0 fully saturated rings. The summed E-state index contributed by atoms with van der Waals surface area (Å²) in [4.78, 5) is 37.6. The number of nitro groups is 1. The number of imide groups is 1. The van der Waals surface area contributed by atoms with E-state index in [4.69, 9.17) is 4.74 Å². The average Bonchev–Trinajstić information content (AvgIpc) is 2.94. The highest BCUT2D eigenvalue weighted by molar-refractivity contribution is 6.36. The minimum atomic E-state index is -0.512. The van der Waals surface area contributed by atoms with Gasteiger partial charge in [0.25, 0.3) is 17.5 Å². The zero-order valence-electron chi connectivity index (χ0n) is 16.2. The van der Waals surface area contributed by atoms with Gasteiger partial charge in [0.1, 0.15) is 5.70 Å². The number of benzene rings is 2. The number of nitrogens with one attached hydrogen (secondary N) is 1. The predicted octanol–water partition coefficient (Wildman–Crippen LogP) is 3.13. The molecule has 2 aromatic carbocycles. The third-order valence-electron chi connectivity index (χ3n) is 4.59. The Labute approximate surface area is 167 Å². The summed E-state index contributed by atoms with van der Waals surface area (Å²) in [5, 5.41) is 14.0. The average molecular weight is 395 g/mol. The van der Waals surface area contributed by atoms with Gasteiger partial charge in [-0.2, -0.15) is 0 Å². The molecular formula is C21H21N3O5. The summed E-state index contributed by atoms with van der Waals surface area (Å²) in [6.07, 6.45) is 0.513. The first-order valence-corrected chi connectivity index (χ1v) is 9.10. The van der Waals surface area contributed by atoms with Crippen LogP contribution in [0.4, 0.5) is 11.4 Å². The molecule has 1 heterocycles. The van der Waals surface area contributed by atoms with Gasteiger partial charge >= 0.3 is 0 Å². The lowest BCUT2D eigenvalue weighted by Crippen LogP contribution is -2.33. The van der Waals surface area contributed by atoms with E-state index in [1.807, 2.05) is 31.2 Å². The van der Waals surface area contributed by atoms with Gasteiger partial charge in [-0.3, -0.25) is 24.6 Å². The van der Waals surface area contributed by atoms with Crippen molar-refractivity contribution < 1.29 is 19.2 Å². The number of rotatable bonds is 8. The number of carbonyl (C=O) groups is 2. The van der Waals surface area contributed by atoms with Gasteiger partial charge in [-0.05, 0) is 43.2 Å². The zero-order valence-corrected chi connectivity index (χ0v) is 16.2. The topological polar surface area (TPSA) is 102 Å². The molecule has 0 bridgehead atoms. The second kappa shape index (κ2) is 8.66. The van der Waals surface area contributed by atoms with Crippen molar-refractivity contribution in [2.24, 2.45) is 0 Å². The molecule has 0 spiro atoms. The minimum absolute atomic E-state index is 0.0869. The minimum Gasteiger partial charge on any atom is -0.385 e. The Morgan fingerprint density at radius 1 is 1.03 bits per heavy atom. The van der Waals surface area contributed by atoms with Crippen LogP contribution in [0.1, 0.15) is 17.5 Å². The van der Waals surface area contributed by atoms with E-state index in [-0.39, 0.29) is 23.5 Å². The standard InChI is InChI=1S/C21H21N3O5/c1-14-4-8-16(9-5-14)22-19-18(15-6-10-17(11-7-15)24(27)28)20(25)23(21(19)26)12-3-13-29-2/h4-11,22H,3,12-13H2,1-2H3. The molecule has 0 unspecified atom stereocenters. The summed E-state index contributed by atoms with van der Waals surface area (Å²) >= 11 is 0. The Bertz CT molecular complexity index is 965. The first-order valence-electron chi connectivity index (χ1n) is 9.10. The first kappa shape index (κ1) is 20.2. The van der Waals surface area contributed by atoms with Crippen LogP contribution in [-0.2, 0) is 14.3 Å². The fraction of sp³-hybridized carbons (Fsp3) is 0.238. The maximum absolute atomic E-state index is 13.0. The summed E-state index contributed by atoms with van der Waals surface area (Å²) in [6.45, 7) is 2.60. The number of hydrogen-bond donors (Lipinski definition) is 1. The fourth-order valence-corrected chi connectivity index (χ4v) is 3.06. The number of carbonyl (C=O) groups excluding carboxylic acids is 2. The first-order chi connectivity index (χ1) is 13.9. The molecule has 0 atom stereocenters. The van der Waals surface area contributed by atoms with Gasteiger partial charge in [-0.15, -0.1) is 0 Å². The Balaban J connectivity index is 1.99. The molecular weight excluding hydrogens is 374 g/mol. The second-order valence-corrected chi connectivity index (χ2v) is 6.65. The van der Waals surface area contributed by atoms with Crippen molar-refractivity contribution in [3.05, 3.63) is 75.5 Å².